The summed E-state index contributed by atoms with van der Waals surface area (Å²) < 4.78 is 1.83. The molecule has 7 nitrogen and oxygen atoms in total. The fourth-order valence-corrected chi connectivity index (χ4v) is 3.17. The van der Waals surface area contributed by atoms with Gasteiger partial charge in [-0.05, 0) is 12.3 Å². The van der Waals surface area contributed by atoms with Crippen molar-refractivity contribution in [2.45, 2.75) is 39.2 Å². The monoisotopic (exact) mass is 316 g/mol. The Kier molecular flexibility index (Phi) is 4.56. The van der Waals surface area contributed by atoms with Crippen LogP contribution in [0.3, 0.4) is 0 Å². The lowest BCUT2D eigenvalue weighted by atomic mass is 10.0. The summed E-state index contributed by atoms with van der Waals surface area (Å²) in [7, 11) is 0. The van der Waals surface area contributed by atoms with Gasteiger partial charge in [0.15, 0.2) is 5.65 Å². The minimum absolute atomic E-state index is 0.226. The number of fused-ring (bicyclic) bond motifs is 1. The Morgan fingerprint density at radius 2 is 2.17 bits per heavy atom. The molecule has 124 valence electrons. The summed E-state index contributed by atoms with van der Waals surface area (Å²) >= 11 is 0. The van der Waals surface area contributed by atoms with E-state index >= 15 is 0 Å². The molecule has 0 unspecified atom stereocenters. The average molecular weight is 316 g/mol. The van der Waals surface area contributed by atoms with Crippen LogP contribution in [0.2, 0.25) is 0 Å². The van der Waals surface area contributed by atoms with E-state index in [-0.39, 0.29) is 11.8 Å². The van der Waals surface area contributed by atoms with Gasteiger partial charge in [-0.25, -0.2) is 14.6 Å². The first-order chi connectivity index (χ1) is 11.1. The zero-order valence-electron chi connectivity index (χ0n) is 13.8. The van der Waals surface area contributed by atoms with E-state index in [9.17, 15) is 4.79 Å². The van der Waals surface area contributed by atoms with Gasteiger partial charge in [-0.2, -0.15) is 5.10 Å². The summed E-state index contributed by atoms with van der Waals surface area (Å²) in [6, 6.07) is 0. The molecule has 0 radical (unpaired) electrons. The summed E-state index contributed by atoms with van der Waals surface area (Å²) in [4.78, 5) is 23.1. The van der Waals surface area contributed by atoms with Crippen LogP contribution in [0, 0.1) is 5.92 Å². The number of likely N-dealkylation sites (tertiary alicyclic amines) is 1. The molecule has 1 amide bonds. The maximum Gasteiger partial charge on any atom is 0.222 e. The number of carbonyl (C=O) groups is 1. The maximum atomic E-state index is 12.3. The SMILES string of the molecule is CC(C)CC(=O)N1CC[C@H](c2nn(CCN)c3nccnc23)C1. The molecule has 2 N–H and O–H groups in total. The lowest BCUT2D eigenvalue weighted by Gasteiger charge is -2.17. The quantitative estimate of drug-likeness (QED) is 0.893. The van der Waals surface area contributed by atoms with E-state index in [0.717, 1.165) is 36.4 Å². The van der Waals surface area contributed by atoms with Crippen LogP contribution in [-0.2, 0) is 11.3 Å². The van der Waals surface area contributed by atoms with E-state index in [0.29, 0.717) is 25.4 Å². The number of amides is 1. The standard InChI is InChI=1S/C16H24N6O/c1-11(2)9-13(23)21-7-3-12(10-21)14-15-16(19-6-5-18-15)22(20-14)8-4-17/h5-6,11-12H,3-4,7-10,17H2,1-2H3/t12-/m0/s1. The van der Waals surface area contributed by atoms with Crippen LogP contribution in [0.15, 0.2) is 12.4 Å². The Morgan fingerprint density at radius 1 is 1.39 bits per heavy atom. The molecule has 7 heteroatoms. The average Bonchev–Trinajstić information content (AvgIpc) is 3.12. The molecule has 1 aliphatic rings. The number of nitrogens with two attached hydrogens (primary N) is 1. The van der Waals surface area contributed by atoms with E-state index < -0.39 is 0 Å². The summed E-state index contributed by atoms with van der Waals surface area (Å²) in [5.41, 5.74) is 8.22. The van der Waals surface area contributed by atoms with Gasteiger partial charge in [0.1, 0.15) is 5.52 Å². The number of carbonyl (C=O) groups excluding carboxylic acids is 1. The number of hydrogen-bond donors (Lipinski definition) is 1. The molecule has 1 aliphatic heterocycles. The number of hydrogen-bond acceptors (Lipinski definition) is 5. The fraction of sp³-hybridized carbons (Fsp3) is 0.625. The highest BCUT2D eigenvalue weighted by atomic mass is 16.2. The zero-order chi connectivity index (χ0) is 16.4. The van der Waals surface area contributed by atoms with E-state index in [4.69, 9.17) is 5.73 Å². The second-order valence-electron chi connectivity index (χ2n) is 6.55. The molecule has 0 aromatic carbocycles. The summed E-state index contributed by atoms with van der Waals surface area (Å²) in [5.74, 6) is 0.848. The second-order valence-corrected chi connectivity index (χ2v) is 6.55. The predicted octanol–water partition coefficient (Wildman–Crippen LogP) is 1.15. The smallest absolute Gasteiger partial charge is 0.222 e. The summed E-state index contributed by atoms with van der Waals surface area (Å²) in [6.45, 7) is 6.79. The van der Waals surface area contributed by atoms with Crippen LogP contribution >= 0.6 is 0 Å². The summed E-state index contributed by atoms with van der Waals surface area (Å²) in [6.07, 6.45) is 4.90. The Hall–Kier alpha value is -2.02. The highest BCUT2D eigenvalue weighted by Gasteiger charge is 2.31. The van der Waals surface area contributed by atoms with E-state index in [1.165, 1.54) is 0 Å². The third-order valence-corrected chi connectivity index (χ3v) is 4.25. The molecule has 23 heavy (non-hydrogen) atoms. The topological polar surface area (TPSA) is 89.9 Å². The number of rotatable bonds is 5. The van der Waals surface area contributed by atoms with Crippen LogP contribution in [0.5, 0.6) is 0 Å². The van der Waals surface area contributed by atoms with Gasteiger partial charge in [-0.15, -0.1) is 0 Å². The molecule has 0 aliphatic carbocycles. The molecular weight excluding hydrogens is 292 g/mol. The van der Waals surface area contributed by atoms with Crippen LogP contribution in [0.25, 0.3) is 11.2 Å². The van der Waals surface area contributed by atoms with Crippen molar-refractivity contribution in [1.82, 2.24) is 24.6 Å². The largest absolute Gasteiger partial charge is 0.342 e. The third kappa shape index (κ3) is 3.19. The summed E-state index contributed by atoms with van der Waals surface area (Å²) in [5, 5.41) is 4.69. The molecule has 1 atom stereocenters. The van der Waals surface area contributed by atoms with Gasteiger partial charge in [-0.1, -0.05) is 13.8 Å². The van der Waals surface area contributed by atoms with Crippen LogP contribution in [0.1, 0.15) is 38.3 Å². The number of aromatic nitrogens is 4. The number of nitrogens with zero attached hydrogens (tertiary/aromatic N) is 5. The van der Waals surface area contributed by atoms with Crippen LogP contribution < -0.4 is 5.73 Å². The van der Waals surface area contributed by atoms with Gasteiger partial charge in [-0.3, -0.25) is 4.79 Å². The van der Waals surface area contributed by atoms with Crippen LogP contribution in [0.4, 0.5) is 0 Å². The Bertz CT molecular complexity index is 695. The normalized spacial score (nSPS) is 18.3. The fourth-order valence-electron chi connectivity index (χ4n) is 3.17. The molecule has 1 saturated heterocycles. The maximum absolute atomic E-state index is 12.3. The molecule has 0 saturated carbocycles. The molecule has 1 fully saturated rings. The predicted molar refractivity (Wildman–Crippen MR) is 87.8 cm³/mol. The van der Waals surface area contributed by atoms with Gasteiger partial charge >= 0.3 is 0 Å². The van der Waals surface area contributed by atoms with E-state index in [1.807, 2.05) is 9.58 Å². The van der Waals surface area contributed by atoms with Crippen molar-refractivity contribution in [1.29, 1.82) is 0 Å². The van der Waals surface area contributed by atoms with Crippen molar-refractivity contribution in [3.05, 3.63) is 18.1 Å². The Balaban J connectivity index is 1.83. The molecule has 0 bridgehead atoms. The van der Waals surface area contributed by atoms with Gasteiger partial charge in [0.05, 0.1) is 12.2 Å². The van der Waals surface area contributed by atoms with Crippen molar-refractivity contribution in [2.75, 3.05) is 19.6 Å². The van der Waals surface area contributed by atoms with Crippen molar-refractivity contribution in [2.24, 2.45) is 11.7 Å². The van der Waals surface area contributed by atoms with Crippen molar-refractivity contribution < 1.29 is 4.79 Å². The lowest BCUT2D eigenvalue weighted by Crippen LogP contribution is -2.29. The van der Waals surface area contributed by atoms with Gasteiger partial charge in [0.25, 0.3) is 0 Å². The lowest BCUT2D eigenvalue weighted by molar-refractivity contribution is -0.130. The molecule has 2 aromatic rings. The highest BCUT2D eigenvalue weighted by molar-refractivity contribution is 5.77. The molecule has 0 spiro atoms. The molecule has 3 rings (SSSR count). The first-order valence-electron chi connectivity index (χ1n) is 8.25. The first kappa shape index (κ1) is 15.9. The zero-order valence-corrected chi connectivity index (χ0v) is 13.8. The van der Waals surface area contributed by atoms with Crippen molar-refractivity contribution in [3.8, 4) is 0 Å². The Labute approximate surface area is 135 Å². The van der Waals surface area contributed by atoms with Gasteiger partial charge < -0.3 is 10.6 Å². The highest BCUT2D eigenvalue weighted by Crippen LogP contribution is 2.30. The van der Waals surface area contributed by atoms with Crippen molar-refractivity contribution in [3.63, 3.8) is 0 Å². The van der Waals surface area contributed by atoms with Crippen LogP contribution in [-0.4, -0.2) is 50.2 Å². The molecule has 3 heterocycles. The van der Waals surface area contributed by atoms with Crippen molar-refractivity contribution >= 4 is 17.1 Å². The van der Waals surface area contributed by atoms with E-state index in [1.54, 1.807) is 12.4 Å². The van der Waals surface area contributed by atoms with E-state index in [2.05, 4.69) is 28.9 Å². The minimum atomic E-state index is 0.226. The molecular formula is C16H24N6O. The van der Waals surface area contributed by atoms with Gasteiger partial charge in [0, 0.05) is 44.4 Å². The Morgan fingerprint density at radius 3 is 2.91 bits per heavy atom. The second kappa shape index (κ2) is 6.62. The molecule has 2 aromatic heterocycles. The third-order valence-electron chi connectivity index (χ3n) is 4.25. The van der Waals surface area contributed by atoms with Gasteiger partial charge in [0.2, 0.25) is 5.91 Å². The minimum Gasteiger partial charge on any atom is -0.342 e. The first-order valence-corrected chi connectivity index (χ1v) is 8.25.